The van der Waals surface area contributed by atoms with Crippen LogP contribution in [0.2, 0.25) is 0 Å². The molecule has 0 aromatic heterocycles. The lowest BCUT2D eigenvalue weighted by Gasteiger charge is -2.14. The molecule has 0 saturated carbocycles. The van der Waals surface area contributed by atoms with Crippen LogP contribution in [0.3, 0.4) is 0 Å². The van der Waals surface area contributed by atoms with Crippen LogP contribution in [0.25, 0.3) is 0 Å². The Morgan fingerprint density at radius 3 is 2.79 bits per heavy atom. The van der Waals surface area contributed by atoms with Crippen molar-refractivity contribution in [2.24, 2.45) is 11.7 Å². The number of hydrogen-bond acceptors (Lipinski definition) is 3. The van der Waals surface area contributed by atoms with Gasteiger partial charge in [-0.15, -0.1) is 0 Å². The highest BCUT2D eigenvalue weighted by Crippen LogP contribution is 2.20. The quantitative estimate of drug-likeness (QED) is 0.802. The molecule has 106 valence electrons. The zero-order chi connectivity index (χ0) is 14.3. The maximum Gasteiger partial charge on any atom is 0.387 e. The molecule has 0 heterocycles. The molecule has 0 aliphatic rings. The zero-order valence-corrected chi connectivity index (χ0v) is 10.7. The summed E-state index contributed by atoms with van der Waals surface area (Å²) in [5.74, 6) is -0.476. The monoisotopic (exact) mass is 272 g/mol. The lowest BCUT2D eigenvalue weighted by Crippen LogP contribution is -2.29. The third kappa shape index (κ3) is 5.21. The molecule has 1 aromatic carbocycles. The number of benzene rings is 1. The highest BCUT2D eigenvalue weighted by atomic mass is 19.3. The van der Waals surface area contributed by atoms with Gasteiger partial charge >= 0.3 is 6.61 Å². The molecule has 6 heteroatoms. The molecule has 1 aromatic rings. The predicted molar refractivity (Wildman–Crippen MR) is 69.2 cm³/mol. The van der Waals surface area contributed by atoms with Crippen molar-refractivity contribution < 1.29 is 18.3 Å². The summed E-state index contributed by atoms with van der Waals surface area (Å²) in [6, 6.07) is 5.89. The van der Waals surface area contributed by atoms with E-state index in [1.54, 1.807) is 6.07 Å². The van der Waals surface area contributed by atoms with Crippen molar-refractivity contribution in [3.05, 3.63) is 24.3 Å². The van der Waals surface area contributed by atoms with Crippen LogP contribution in [0, 0.1) is 5.92 Å². The van der Waals surface area contributed by atoms with Gasteiger partial charge in [0.1, 0.15) is 5.75 Å². The summed E-state index contributed by atoms with van der Waals surface area (Å²) in [5.41, 5.74) is 5.94. The fourth-order valence-electron chi connectivity index (χ4n) is 1.70. The van der Waals surface area contributed by atoms with Crippen LogP contribution in [-0.4, -0.2) is 19.1 Å². The van der Waals surface area contributed by atoms with Crippen molar-refractivity contribution in [1.82, 2.24) is 0 Å². The fourth-order valence-corrected chi connectivity index (χ4v) is 1.70. The SMILES string of the molecule is CCCC(CN)C(=O)Nc1cccc(OC(F)F)c1. The van der Waals surface area contributed by atoms with Crippen molar-refractivity contribution in [2.45, 2.75) is 26.4 Å². The van der Waals surface area contributed by atoms with E-state index in [4.69, 9.17) is 5.73 Å². The fraction of sp³-hybridized carbons (Fsp3) is 0.462. The second-order valence-electron chi connectivity index (χ2n) is 4.12. The molecule has 0 aliphatic carbocycles. The molecule has 0 saturated heterocycles. The Balaban J connectivity index is 2.68. The molecule has 0 bridgehead atoms. The first-order chi connectivity index (χ1) is 9.06. The average molecular weight is 272 g/mol. The standard InChI is InChI=1S/C13H18F2N2O2/c1-2-4-9(8-16)12(18)17-10-5-3-6-11(7-10)19-13(14)15/h3,5-7,9,13H,2,4,8,16H2,1H3,(H,17,18). The third-order valence-corrected chi connectivity index (χ3v) is 2.62. The number of rotatable bonds is 7. The topological polar surface area (TPSA) is 64.4 Å². The van der Waals surface area contributed by atoms with Crippen LogP contribution in [0.15, 0.2) is 24.3 Å². The maximum absolute atomic E-state index is 12.1. The van der Waals surface area contributed by atoms with Gasteiger partial charge in [-0.2, -0.15) is 8.78 Å². The summed E-state index contributed by atoms with van der Waals surface area (Å²) in [5, 5.41) is 2.65. The highest BCUT2D eigenvalue weighted by molar-refractivity contribution is 5.92. The summed E-state index contributed by atoms with van der Waals surface area (Å²) in [4.78, 5) is 11.9. The lowest BCUT2D eigenvalue weighted by atomic mass is 10.0. The summed E-state index contributed by atoms with van der Waals surface area (Å²) >= 11 is 0. The number of hydrogen-bond donors (Lipinski definition) is 2. The molecule has 4 nitrogen and oxygen atoms in total. The molecule has 0 aliphatic heterocycles. The third-order valence-electron chi connectivity index (χ3n) is 2.62. The number of anilines is 1. The second-order valence-corrected chi connectivity index (χ2v) is 4.12. The molecular formula is C13H18F2N2O2. The van der Waals surface area contributed by atoms with Crippen LogP contribution in [-0.2, 0) is 4.79 Å². The maximum atomic E-state index is 12.1. The van der Waals surface area contributed by atoms with Gasteiger partial charge in [0, 0.05) is 18.3 Å². The van der Waals surface area contributed by atoms with E-state index in [2.05, 4.69) is 10.1 Å². The van der Waals surface area contributed by atoms with Crippen LogP contribution in [0.5, 0.6) is 5.75 Å². The average Bonchev–Trinajstić information content (AvgIpc) is 2.35. The van der Waals surface area contributed by atoms with Gasteiger partial charge in [0.15, 0.2) is 0 Å². The molecule has 0 fully saturated rings. The van der Waals surface area contributed by atoms with Crippen molar-refractivity contribution in [1.29, 1.82) is 0 Å². The van der Waals surface area contributed by atoms with E-state index in [-0.39, 0.29) is 24.1 Å². The summed E-state index contributed by atoms with van der Waals surface area (Å²) < 4.78 is 28.4. The van der Waals surface area contributed by atoms with Crippen molar-refractivity contribution in [3.63, 3.8) is 0 Å². The van der Waals surface area contributed by atoms with Gasteiger partial charge in [-0.25, -0.2) is 0 Å². The Bertz CT molecular complexity index is 413. The number of ether oxygens (including phenoxy) is 1. The number of nitrogens with one attached hydrogen (secondary N) is 1. The van der Waals surface area contributed by atoms with Gasteiger partial charge in [-0.1, -0.05) is 19.4 Å². The summed E-state index contributed by atoms with van der Waals surface area (Å²) in [7, 11) is 0. The molecule has 0 spiro atoms. The Kier molecular flexibility index (Phi) is 6.21. The number of carbonyl (C=O) groups excluding carboxylic acids is 1. The predicted octanol–water partition coefficient (Wildman–Crippen LogP) is 2.60. The number of halogens is 2. The molecule has 1 unspecified atom stereocenters. The van der Waals surface area contributed by atoms with Gasteiger partial charge in [0.05, 0.1) is 5.92 Å². The van der Waals surface area contributed by atoms with E-state index in [1.165, 1.54) is 18.2 Å². The van der Waals surface area contributed by atoms with Gasteiger partial charge in [-0.3, -0.25) is 4.79 Å². The van der Waals surface area contributed by atoms with Crippen LogP contribution in [0.4, 0.5) is 14.5 Å². The largest absolute Gasteiger partial charge is 0.435 e. The van der Waals surface area contributed by atoms with E-state index in [0.29, 0.717) is 12.1 Å². The first-order valence-electron chi connectivity index (χ1n) is 6.12. The molecule has 3 N–H and O–H groups in total. The van der Waals surface area contributed by atoms with E-state index >= 15 is 0 Å². The molecular weight excluding hydrogens is 254 g/mol. The number of carbonyl (C=O) groups is 1. The molecule has 1 amide bonds. The van der Waals surface area contributed by atoms with Crippen LogP contribution in [0.1, 0.15) is 19.8 Å². The molecule has 1 atom stereocenters. The van der Waals surface area contributed by atoms with Crippen molar-refractivity contribution in [2.75, 3.05) is 11.9 Å². The van der Waals surface area contributed by atoms with E-state index in [0.717, 1.165) is 6.42 Å². The minimum atomic E-state index is -2.89. The molecule has 19 heavy (non-hydrogen) atoms. The smallest absolute Gasteiger partial charge is 0.387 e. The van der Waals surface area contributed by atoms with Crippen molar-refractivity contribution >= 4 is 11.6 Å². The van der Waals surface area contributed by atoms with Gasteiger partial charge < -0.3 is 15.8 Å². The van der Waals surface area contributed by atoms with Gasteiger partial charge in [0.2, 0.25) is 5.91 Å². The van der Waals surface area contributed by atoms with Crippen molar-refractivity contribution in [3.8, 4) is 5.75 Å². The number of amides is 1. The number of nitrogens with two attached hydrogens (primary N) is 1. The first-order valence-corrected chi connectivity index (χ1v) is 6.12. The highest BCUT2D eigenvalue weighted by Gasteiger charge is 2.16. The van der Waals surface area contributed by atoms with E-state index in [9.17, 15) is 13.6 Å². The number of alkyl halides is 2. The zero-order valence-electron chi connectivity index (χ0n) is 10.7. The van der Waals surface area contributed by atoms with E-state index in [1.807, 2.05) is 6.92 Å². The van der Waals surface area contributed by atoms with E-state index < -0.39 is 6.61 Å². The molecule has 1 rings (SSSR count). The Labute approximate surface area is 110 Å². The molecule has 0 radical (unpaired) electrons. The summed E-state index contributed by atoms with van der Waals surface area (Å²) in [6.45, 7) is -0.664. The van der Waals surface area contributed by atoms with Gasteiger partial charge in [-0.05, 0) is 18.6 Å². The Hall–Kier alpha value is -1.69. The van der Waals surface area contributed by atoms with Crippen LogP contribution < -0.4 is 15.8 Å². The Morgan fingerprint density at radius 1 is 1.47 bits per heavy atom. The normalized spacial score (nSPS) is 12.3. The first kappa shape index (κ1) is 15.4. The Morgan fingerprint density at radius 2 is 2.21 bits per heavy atom. The summed E-state index contributed by atoms with van der Waals surface area (Å²) in [6.07, 6.45) is 1.54. The minimum absolute atomic E-state index is 0.00703. The van der Waals surface area contributed by atoms with Gasteiger partial charge in [0.25, 0.3) is 0 Å². The lowest BCUT2D eigenvalue weighted by molar-refractivity contribution is -0.119. The second kappa shape index (κ2) is 7.68. The van der Waals surface area contributed by atoms with Crippen LogP contribution >= 0.6 is 0 Å². The minimum Gasteiger partial charge on any atom is -0.435 e.